The van der Waals surface area contributed by atoms with Crippen LogP contribution in [-0.4, -0.2) is 55.1 Å². The Bertz CT molecular complexity index is 519. The van der Waals surface area contributed by atoms with E-state index in [4.69, 9.17) is 5.26 Å². The van der Waals surface area contributed by atoms with Gasteiger partial charge >= 0.3 is 0 Å². The summed E-state index contributed by atoms with van der Waals surface area (Å²) in [5.74, 6) is 0. The molecule has 0 radical (unpaired) electrons. The molecule has 2 fully saturated rings. The van der Waals surface area contributed by atoms with Gasteiger partial charge in [0.1, 0.15) is 0 Å². The molecule has 1 N–H and O–H groups in total. The molecule has 0 aromatic heterocycles. The normalized spacial score (nSPS) is 22.3. The Morgan fingerprint density at radius 2 is 1.96 bits per heavy atom. The summed E-state index contributed by atoms with van der Waals surface area (Å²) in [5.41, 5.74) is 1.83. The molecule has 2 heterocycles. The highest BCUT2D eigenvalue weighted by molar-refractivity contribution is 5.46. The molecular formula is C19H28N4. The first-order valence-electron chi connectivity index (χ1n) is 9.05. The maximum atomic E-state index is 8.79. The van der Waals surface area contributed by atoms with Crippen molar-refractivity contribution >= 4 is 5.69 Å². The number of hydrogen-bond donors (Lipinski definition) is 1. The van der Waals surface area contributed by atoms with E-state index in [-0.39, 0.29) is 0 Å². The number of nitrogens with zero attached hydrogens (tertiary/aromatic N) is 3. The van der Waals surface area contributed by atoms with Gasteiger partial charge in [-0.2, -0.15) is 5.26 Å². The third-order valence-corrected chi connectivity index (χ3v) is 5.17. The van der Waals surface area contributed by atoms with Crippen LogP contribution in [0, 0.1) is 11.3 Å². The first kappa shape index (κ1) is 16.3. The molecule has 2 aliphatic rings. The fourth-order valence-corrected chi connectivity index (χ4v) is 3.78. The van der Waals surface area contributed by atoms with Crippen LogP contribution in [0.5, 0.6) is 0 Å². The third-order valence-electron chi connectivity index (χ3n) is 5.17. The molecule has 1 aromatic rings. The number of nitriles is 1. The molecular weight excluding hydrogens is 284 g/mol. The lowest BCUT2D eigenvalue weighted by atomic mass is 9.99. The Balaban J connectivity index is 1.30. The van der Waals surface area contributed by atoms with Crippen molar-refractivity contribution in [3.63, 3.8) is 0 Å². The summed E-state index contributed by atoms with van der Waals surface area (Å²) < 4.78 is 0. The summed E-state index contributed by atoms with van der Waals surface area (Å²) in [5, 5.41) is 12.2. The van der Waals surface area contributed by atoms with Gasteiger partial charge in [0, 0.05) is 37.9 Å². The van der Waals surface area contributed by atoms with E-state index in [1.54, 1.807) is 0 Å². The van der Waals surface area contributed by atoms with Crippen LogP contribution in [0.2, 0.25) is 0 Å². The van der Waals surface area contributed by atoms with E-state index in [0.29, 0.717) is 0 Å². The average Bonchev–Trinajstić information content (AvgIpc) is 2.62. The van der Waals surface area contributed by atoms with E-state index in [1.807, 2.05) is 24.3 Å². The Kier molecular flexibility index (Phi) is 5.90. The van der Waals surface area contributed by atoms with Crippen molar-refractivity contribution in [1.29, 1.82) is 5.26 Å². The minimum Gasteiger partial charge on any atom is -0.385 e. The zero-order valence-corrected chi connectivity index (χ0v) is 14.0. The second-order valence-corrected chi connectivity index (χ2v) is 6.81. The van der Waals surface area contributed by atoms with Crippen LogP contribution in [-0.2, 0) is 0 Å². The standard InChI is InChI=1S/C19H28N4/c20-15-17-6-8-18(9-7-17)21-10-2-4-11-22-13-14-23-12-3-1-5-19(23)16-22/h6-9,19,21H,1-5,10-14,16H2. The summed E-state index contributed by atoms with van der Waals surface area (Å²) in [6.07, 6.45) is 6.68. The lowest BCUT2D eigenvalue weighted by Crippen LogP contribution is -2.54. The predicted octanol–water partition coefficient (Wildman–Crippen LogP) is 2.92. The monoisotopic (exact) mass is 312 g/mol. The maximum absolute atomic E-state index is 8.79. The molecule has 3 rings (SSSR count). The van der Waals surface area contributed by atoms with Gasteiger partial charge < -0.3 is 10.2 Å². The van der Waals surface area contributed by atoms with Crippen LogP contribution >= 0.6 is 0 Å². The van der Waals surface area contributed by atoms with Gasteiger partial charge in [-0.25, -0.2) is 0 Å². The summed E-state index contributed by atoms with van der Waals surface area (Å²) in [6, 6.07) is 10.7. The van der Waals surface area contributed by atoms with Crippen molar-refractivity contribution in [2.24, 2.45) is 0 Å². The molecule has 0 amide bonds. The summed E-state index contributed by atoms with van der Waals surface area (Å²) >= 11 is 0. The van der Waals surface area contributed by atoms with Gasteiger partial charge in [-0.05, 0) is 63.0 Å². The molecule has 1 unspecified atom stereocenters. The molecule has 4 heteroatoms. The van der Waals surface area contributed by atoms with Crippen LogP contribution < -0.4 is 5.32 Å². The van der Waals surface area contributed by atoms with Crippen molar-refractivity contribution in [2.45, 2.75) is 38.1 Å². The number of nitrogens with one attached hydrogen (secondary N) is 1. The summed E-state index contributed by atoms with van der Waals surface area (Å²) in [7, 11) is 0. The Morgan fingerprint density at radius 1 is 1.09 bits per heavy atom. The van der Waals surface area contributed by atoms with Gasteiger partial charge in [0.25, 0.3) is 0 Å². The molecule has 0 bridgehead atoms. The Hall–Kier alpha value is -1.57. The van der Waals surface area contributed by atoms with Gasteiger partial charge in [0.15, 0.2) is 0 Å². The van der Waals surface area contributed by atoms with E-state index in [9.17, 15) is 0 Å². The summed E-state index contributed by atoms with van der Waals surface area (Å²) in [6.45, 7) is 7.37. The molecule has 1 aromatic carbocycles. The van der Waals surface area contributed by atoms with Crippen molar-refractivity contribution in [2.75, 3.05) is 44.6 Å². The maximum Gasteiger partial charge on any atom is 0.0991 e. The number of piperidine rings is 1. The van der Waals surface area contributed by atoms with E-state index >= 15 is 0 Å². The Labute approximate surface area is 140 Å². The number of unbranched alkanes of at least 4 members (excludes halogenated alkanes) is 1. The fourth-order valence-electron chi connectivity index (χ4n) is 3.78. The minimum absolute atomic E-state index is 0.720. The lowest BCUT2D eigenvalue weighted by Gasteiger charge is -2.44. The first-order valence-corrected chi connectivity index (χ1v) is 9.05. The fraction of sp³-hybridized carbons (Fsp3) is 0.632. The minimum atomic E-state index is 0.720. The molecule has 4 nitrogen and oxygen atoms in total. The number of hydrogen-bond acceptors (Lipinski definition) is 4. The van der Waals surface area contributed by atoms with Gasteiger partial charge in [-0.3, -0.25) is 4.90 Å². The number of fused-ring (bicyclic) bond motifs is 1. The number of rotatable bonds is 6. The molecule has 2 aliphatic heterocycles. The zero-order valence-electron chi connectivity index (χ0n) is 14.0. The smallest absolute Gasteiger partial charge is 0.0991 e. The number of anilines is 1. The van der Waals surface area contributed by atoms with Gasteiger partial charge in [0.2, 0.25) is 0 Å². The highest BCUT2D eigenvalue weighted by Crippen LogP contribution is 2.21. The van der Waals surface area contributed by atoms with Crippen molar-refractivity contribution in [3.05, 3.63) is 29.8 Å². The van der Waals surface area contributed by atoms with E-state index in [1.165, 1.54) is 64.8 Å². The molecule has 0 spiro atoms. The third kappa shape index (κ3) is 4.70. The number of benzene rings is 1. The second kappa shape index (κ2) is 8.33. The highest BCUT2D eigenvalue weighted by atomic mass is 15.3. The van der Waals surface area contributed by atoms with Crippen molar-refractivity contribution in [1.82, 2.24) is 9.80 Å². The Morgan fingerprint density at radius 3 is 2.78 bits per heavy atom. The average molecular weight is 312 g/mol. The van der Waals surface area contributed by atoms with Crippen LogP contribution in [0.3, 0.4) is 0 Å². The molecule has 124 valence electrons. The molecule has 0 saturated carbocycles. The second-order valence-electron chi connectivity index (χ2n) is 6.81. The predicted molar refractivity (Wildman–Crippen MR) is 94.5 cm³/mol. The van der Waals surface area contributed by atoms with Crippen LogP contribution in [0.15, 0.2) is 24.3 Å². The molecule has 2 saturated heterocycles. The van der Waals surface area contributed by atoms with Gasteiger partial charge in [-0.1, -0.05) is 6.42 Å². The molecule has 1 atom stereocenters. The van der Waals surface area contributed by atoms with E-state index in [0.717, 1.165) is 23.8 Å². The highest BCUT2D eigenvalue weighted by Gasteiger charge is 2.28. The topological polar surface area (TPSA) is 42.3 Å². The van der Waals surface area contributed by atoms with Crippen LogP contribution in [0.4, 0.5) is 5.69 Å². The molecule has 0 aliphatic carbocycles. The quantitative estimate of drug-likeness (QED) is 0.820. The molecule has 23 heavy (non-hydrogen) atoms. The zero-order chi connectivity index (χ0) is 15.9. The number of piperazine rings is 1. The lowest BCUT2D eigenvalue weighted by molar-refractivity contribution is 0.0488. The van der Waals surface area contributed by atoms with Gasteiger partial charge in [-0.15, -0.1) is 0 Å². The SMILES string of the molecule is N#Cc1ccc(NCCCCN2CCN3CCCCC3C2)cc1. The largest absolute Gasteiger partial charge is 0.385 e. The van der Waals surface area contributed by atoms with Crippen LogP contribution in [0.1, 0.15) is 37.7 Å². The van der Waals surface area contributed by atoms with Crippen molar-refractivity contribution in [3.8, 4) is 6.07 Å². The van der Waals surface area contributed by atoms with E-state index in [2.05, 4.69) is 21.2 Å². The first-order chi connectivity index (χ1) is 11.3. The van der Waals surface area contributed by atoms with Crippen LogP contribution in [0.25, 0.3) is 0 Å². The van der Waals surface area contributed by atoms with Crippen molar-refractivity contribution < 1.29 is 0 Å². The summed E-state index contributed by atoms with van der Waals surface area (Å²) in [4.78, 5) is 5.36. The van der Waals surface area contributed by atoms with E-state index < -0.39 is 0 Å². The van der Waals surface area contributed by atoms with Gasteiger partial charge in [0.05, 0.1) is 11.6 Å².